The molecule has 0 bridgehead atoms. The van der Waals surface area contributed by atoms with Gasteiger partial charge in [-0.3, -0.25) is 4.79 Å². The summed E-state index contributed by atoms with van der Waals surface area (Å²) < 4.78 is 6.52. The third-order valence-corrected chi connectivity index (χ3v) is 4.11. The van der Waals surface area contributed by atoms with Gasteiger partial charge in [0, 0.05) is 17.9 Å². The van der Waals surface area contributed by atoms with E-state index in [0.29, 0.717) is 23.7 Å². The van der Waals surface area contributed by atoms with Gasteiger partial charge in [-0.1, -0.05) is 12.1 Å². The van der Waals surface area contributed by atoms with E-state index in [0.717, 1.165) is 10.0 Å². The second-order valence-electron chi connectivity index (χ2n) is 5.75. The van der Waals surface area contributed by atoms with Gasteiger partial charge in [0.1, 0.15) is 5.75 Å². The second-order valence-corrected chi connectivity index (χ2v) is 6.60. The number of halogens is 1. The predicted molar refractivity (Wildman–Crippen MR) is 107 cm³/mol. The third-order valence-electron chi connectivity index (χ3n) is 3.49. The second kappa shape index (κ2) is 9.24. The number of ether oxygens (including phenoxy) is 1. The fourth-order valence-electron chi connectivity index (χ4n) is 2.20. The van der Waals surface area contributed by atoms with Crippen molar-refractivity contribution in [3.05, 3.63) is 52.5 Å². The average molecular weight is 420 g/mol. The number of aryl methyl sites for hydroxylation is 1. The summed E-state index contributed by atoms with van der Waals surface area (Å²) in [6.45, 7) is 6.03. The van der Waals surface area contributed by atoms with Gasteiger partial charge in [0.05, 0.1) is 4.47 Å². The van der Waals surface area contributed by atoms with Gasteiger partial charge in [-0.2, -0.15) is 0 Å². The summed E-state index contributed by atoms with van der Waals surface area (Å²) in [5, 5.41) is 8.13. The van der Waals surface area contributed by atoms with Crippen molar-refractivity contribution in [1.82, 2.24) is 5.32 Å². The summed E-state index contributed by atoms with van der Waals surface area (Å²) in [6, 6.07) is 12.3. The molecule has 0 aromatic heterocycles. The molecular weight excluding hydrogens is 398 g/mol. The van der Waals surface area contributed by atoms with Crippen molar-refractivity contribution in [3.63, 3.8) is 0 Å². The van der Waals surface area contributed by atoms with Crippen LogP contribution in [0.25, 0.3) is 0 Å². The minimum Gasteiger partial charge on any atom is -0.480 e. The number of carbonyl (C=O) groups is 2. The van der Waals surface area contributed by atoms with Crippen molar-refractivity contribution < 1.29 is 14.3 Å². The Hall–Kier alpha value is -2.54. The molecule has 6 nitrogen and oxygen atoms in total. The Kier molecular flexibility index (Phi) is 7.03. The number of rotatable bonds is 6. The molecule has 1 unspecified atom stereocenters. The number of hydrogen-bond acceptors (Lipinski definition) is 3. The van der Waals surface area contributed by atoms with Crippen LogP contribution in [-0.2, 0) is 4.79 Å². The number of amides is 3. The van der Waals surface area contributed by atoms with Crippen molar-refractivity contribution in [2.24, 2.45) is 0 Å². The lowest BCUT2D eigenvalue weighted by atomic mass is 10.2. The van der Waals surface area contributed by atoms with Gasteiger partial charge >= 0.3 is 6.03 Å². The molecule has 7 heteroatoms. The van der Waals surface area contributed by atoms with Crippen molar-refractivity contribution in [2.45, 2.75) is 26.9 Å². The van der Waals surface area contributed by atoms with Gasteiger partial charge in [-0.05, 0) is 72.6 Å². The van der Waals surface area contributed by atoms with E-state index in [-0.39, 0.29) is 11.9 Å². The van der Waals surface area contributed by atoms with Crippen molar-refractivity contribution >= 4 is 39.2 Å². The molecule has 0 aliphatic heterocycles. The fraction of sp³-hybridized carbons (Fsp3) is 0.263. The number of nitrogens with one attached hydrogen (secondary N) is 3. The van der Waals surface area contributed by atoms with E-state index in [4.69, 9.17) is 4.74 Å². The van der Waals surface area contributed by atoms with Crippen LogP contribution in [0.3, 0.4) is 0 Å². The van der Waals surface area contributed by atoms with Gasteiger partial charge < -0.3 is 20.7 Å². The van der Waals surface area contributed by atoms with Crippen LogP contribution in [0.5, 0.6) is 5.75 Å². The highest BCUT2D eigenvalue weighted by Gasteiger charge is 2.16. The Morgan fingerprint density at radius 2 is 1.81 bits per heavy atom. The first-order valence-electron chi connectivity index (χ1n) is 8.27. The summed E-state index contributed by atoms with van der Waals surface area (Å²) in [6.07, 6.45) is -0.686. The maximum atomic E-state index is 12.4. The summed E-state index contributed by atoms with van der Waals surface area (Å²) in [5.74, 6) is 0.317. The van der Waals surface area contributed by atoms with Crippen molar-refractivity contribution in [2.75, 3.05) is 17.2 Å². The van der Waals surface area contributed by atoms with Crippen LogP contribution in [0.4, 0.5) is 16.2 Å². The fourth-order valence-corrected chi connectivity index (χ4v) is 2.79. The zero-order valence-electron chi connectivity index (χ0n) is 14.9. The van der Waals surface area contributed by atoms with E-state index < -0.39 is 6.10 Å². The highest BCUT2D eigenvalue weighted by atomic mass is 79.9. The van der Waals surface area contributed by atoms with Gasteiger partial charge in [0.2, 0.25) is 0 Å². The number of hydrogen-bond donors (Lipinski definition) is 3. The molecule has 1 atom stereocenters. The highest BCUT2D eigenvalue weighted by Crippen LogP contribution is 2.27. The van der Waals surface area contributed by atoms with Crippen LogP contribution in [0, 0.1) is 6.92 Å². The quantitative estimate of drug-likeness (QED) is 0.652. The minimum absolute atomic E-state index is 0.285. The lowest BCUT2D eigenvalue weighted by Crippen LogP contribution is -2.30. The Morgan fingerprint density at radius 3 is 2.46 bits per heavy atom. The molecule has 0 aliphatic carbocycles. The Labute approximate surface area is 161 Å². The molecule has 2 rings (SSSR count). The minimum atomic E-state index is -0.686. The monoisotopic (exact) mass is 419 g/mol. The number of anilines is 2. The first-order chi connectivity index (χ1) is 12.4. The smallest absolute Gasteiger partial charge is 0.319 e. The molecule has 0 fully saturated rings. The first-order valence-corrected chi connectivity index (χ1v) is 9.07. The SMILES string of the molecule is CCNC(=O)Nc1cccc(NC(=O)C(C)Oc2ccc(C)cc2Br)c1. The standard InChI is InChI=1S/C19H22BrN3O3/c1-4-21-19(25)23-15-7-5-6-14(11-15)22-18(24)13(3)26-17-9-8-12(2)10-16(17)20/h5-11,13H,4H2,1-3H3,(H,22,24)(H2,21,23,25). The summed E-state index contributed by atoms with van der Waals surface area (Å²) in [7, 11) is 0. The largest absolute Gasteiger partial charge is 0.480 e. The van der Waals surface area contributed by atoms with Crippen LogP contribution >= 0.6 is 15.9 Å². The van der Waals surface area contributed by atoms with E-state index in [1.54, 1.807) is 31.2 Å². The molecule has 3 N–H and O–H groups in total. The molecule has 2 aromatic carbocycles. The van der Waals surface area contributed by atoms with Crippen LogP contribution in [-0.4, -0.2) is 24.6 Å². The Bertz CT molecular complexity index is 795. The van der Waals surface area contributed by atoms with Crippen LogP contribution in [0.2, 0.25) is 0 Å². The Morgan fingerprint density at radius 1 is 1.12 bits per heavy atom. The molecule has 2 aromatic rings. The normalized spacial score (nSPS) is 11.4. The van der Waals surface area contributed by atoms with E-state index in [9.17, 15) is 9.59 Å². The first kappa shape index (κ1) is 19.8. The average Bonchev–Trinajstić information content (AvgIpc) is 2.57. The van der Waals surface area contributed by atoms with Crippen molar-refractivity contribution in [3.8, 4) is 5.75 Å². The molecule has 3 amide bonds. The van der Waals surface area contributed by atoms with Gasteiger partial charge in [0.15, 0.2) is 6.10 Å². The molecule has 0 saturated carbocycles. The molecule has 138 valence electrons. The summed E-state index contributed by atoms with van der Waals surface area (Å²) in [4.78, 5) is 24.0. The molecule has 26 heavy (non-hydrogen) atoms. The zero-order chi connectivity index (χ0) is 19.1. The maximum absolute atomic E-state index is 12.4. The number of urea groups is 1. The predicted octanol–water partition coefficient (Wildman–Crippen LogP) is 4.30. The molecule has 0 saturated heterocycles. The van der Waals surface area contributed by atoms with E-state index in [1.807, 2.05) is 32.0 Å². The molecule has 0 spiro atoms. The lowest BCUT2D eigenvalue weighted by molar-refractivity contribution is -0.122. The van der Waals surface area contributed by atoms with Crippen molar-refractivity contribution in [1.29, 1.82) is 0 Å². The van der Waals surface area contributed by atoms with Crippen LogP contribution in [0.1, 0.15) is 19.4 Å². The van der Waals surface area contributed by atoms with Gasteiger partial charge in [-0.15, -0.1) is 0 Å². The Balaban J connectivity index is 1.99. The van der Waals surface area contributed by atoms with E-state index in [2.05, 4.69) is 31.9 Å². The van der Waals surface area contributed by atoms with Gasteiger partial charge in [-0.25, -0.2) is 4.79 Å². The molecule has 0 radical (unpaired) electrons. The van der Waals surface area contributed by atoms with E-state index >= 15 is 0 Å². The molecular formula is C19H22BrN3O3. The highest BCUT2D eigenvalue weighted by molar-refractivity contribution is 9.10. The van der Waals surface area contributed by atoms with Gasteiger partial charge in [0.25, 0.3) is 5.91 Å². The zero-order valence-corrected chi connectivity index (χ0v) is 16.5. The number of carbonyl (C=O) groups excluding carboxylic acids is 2. The molecule has 0 aliphatic rings. The van der Waals surface area contributed by atoms with Crippen LogP contribution in [0.15, 0.2) is 46.9 Å². The van der Waals surface area contributed by atoms with E-state index in [1.165, 1.54) is 0 Å². The molecule has 0 heterocycles. The topological polar surface area (TPSA) is 79.5 Å². The summed E-state index contributed by atoms with van der Waals surface area (Å²) in [5.41, 5.74) is 2.25. The number of benzene rings is 2. The summed E-state index contributed by atoms with van der Waals surface area (Å²) >= 11 is 3.43. The van der Waals surface area contributed by atoms with Crippen LogP contribution < -0.4 is 20.7 Å². The third kappa shape index (κ3) is 5.77. The maximum Gasteiger partial charge on any atom is 0.319 e. The lowest BCUT2D eigenvalue weighted by Gasteiger charge is -2.16.